The summed E-state index contributed by atoms with van der Waals surface area (Å²) in [5.41, 5.74) is 2.66. The lowest BCUT2D eigenvalue weighted by molar-refractivity contribution is -0.140. The molecule has 7 nitrogen and oxygen atoms in total. The number of hydrogen-bond donors (Lipinski definition) is 1. The monoisotopic (exact) mass is 493 g/mol. The third-order valence-corrected chi connectivity index (χ3v) is 5.10. The maximum absolute atomic E-state index is 12.3. The Labute approximate surface area is 193 Å². The molecule has 1 N–H and O–H groups in total. The molecule has 8 heteroatoms. The summed E-state index contributed by atoms with van der Waals surface area (Å²) < 4.78 is 13.2. The van der Waals surface area contributed by atoms with Gasteiger partial charge in [-0.3, -0.25) is 9.20 Å². The third kappa shape index (κ3) is 4.81. The van der Waals surface area contributed by atoms with Gasteiger partial charge in [0.2, 0.25) is 0 Å². The summed E-state index contributed by atoms with van der Waals surface area (Å²) in [5.74, 6) is 0.304. The molecule has 0 saturated heterocycles. The Bertz CT molecular complexity index is 1250. The molecule has 2 heterocycles. The Morgan fingerprint density at radius 3 is 2.50 bits per heavy atom. The van der Waals surface area contributed by atoms with E-state index < -0.39 is 5.97 Å². The number of esters is 2. The van der Waals surface area contributed by atoms with Crippen LogP contribution >= 0.6 is 15.9 Å². The van der Waals surface area contributed by atoms with Gasteiger partial charge in [-0.1, -0.05) is 18.2 Å². The first-order valence-corrected chi connectivity index (χ1v) is 10.8. The van der Waals surface area contributed by atoms with Crippen LogP contribution in [0.25, 0.3) is 16.9 Å². The van der Waals surface area contributed by atoms with Gasteiger partial charge in [0, 0.05) is 16.2 Å². The average Bonchev–Trinajstić information content (AvgIpc) is 3.16. The molecule has 0 fully saturated rings. The van der Waals surface area contributed by atoms with E-state index in [-0.39, 0.29) is 12.5 Å². The highest BCUT2D eigenvalue weighted by Gasteiger charge is 2.16. The van der Waals surface area contributed by atoms with Crippen molar-refractivity contribution in [2.24, 2.45) is 0 Å². The molecule has 0 aliphatic carbocycles. The lowest BCUT2D eigenvalue weighted by atomic mass is 10.1. The zero-order chi connectivity index (χ0) is 22.5. The Balaban J connectivity index is 1.61. The molecule has 0 amide bonds. The van der Waals surface area contributed by atoms with Gasteiger partial charge in [-0.2, -0.15) is 0 Å². The van der Waals surface area contributed by atoms with Crippen LogP contribution in [-0.2, 0) is 9.53 Å². The van der Waals surface area contributed by atoms with E-state index in [0.717, 1.165) is 10.0 Å². The summed E-state index contributed by atoms with van der Waals surface area (Å²) in [7, 11) is 0. The lowest BCUT2D eigenvalue weighted by Crippen LogP contribution is -2.17. The minimum Gasteiger partial charge on any atom is -0.465 e. The molecule has 0 saturated carbocycles. The first kappa shape index (κ1) is 21.6. The zero-order valence-corrected chi connectivity index (χ0v) is 18.8. The summed E-state index contributed by atoms with van der Waals surface area (Å²) >= 11 is 3.47. The quantitative estimate of drug-likeness (QED) is 0.289. The van der Waals surface area contributed by atoms with Crippen molar-refractivity contribution in [2.75, 3.05) is 18.5 Å². The zero-order valence-electron chi connectivity index (χ0n) is 17.2. The van der Waals surface area contributed by atoms with Crippen molar-refractivity contribution in [2.45, 2.75) is 6.92 Å². The molecule has 32 heavy (non-hydrogen) atoms. The van der Waals surface area contributed by atoms with Crippen LogP contribution in [0, 0.1) is 0 Å². The van der Waals surface area contributed by atoms with Crippen LogP contribution in [0.3, 0.4) is 0 Å². The molecular formula is C24H20BrN3O4. The molecule has 4 rings (SSSR count). The second kappa shape index (κ2) is 9.65. The average molecular weight is 494 g/mol. The summed E-state index contributed by atoms with van der Waals surface area (Å²) in [6, 6.07) is 19.6. The van der Waals surface area contributed by atoms with Crippen molar-refractivity contribution in [3.05, 3.63) is 83.0 Å². The Hall–Kier alpha value is -3.65. The van der Waals surface area contributed by atoms with E-state index in [1.807, 2.05) is 40.9 Å². The van der Waals surface area contributed by atoms with Gasteiger partial charge < -0.3 is 14.8 Å². The molecule has 0 aliphatic heterocycles. The van der Waals surface area contributed by atoms with Gasteiger partial charge in [-0.15, -0.1) is 0 Å². The Kier molecular flexibility index (Phi) is 6.51. The molecule has 2 aromatic carbocycles. The SMILES string of the molecule is CCOC(=O)CNc1c(-c2ccc(OC(=O)c3ccccc3)cc2)nc2ccc(Br)cn12. The van der Waals surface area contributed by atoms with E-state index >= 15 is 0 Å². The van der Waals surface area contributed by atoms with Crippen molar-refractivity contribution in [1.82, 2.24) is 9.38 Å². The van der Waals surface area contributed by atoms with Gasteiger partial charge in [0.1, 0.15) is 29.5 Å². The summed E-state index contributed by atoms with van der Waals surface area (Å²) in [6.45, 7) is 2.09. The number of nitrogens with one attached hydrogen (secondary N) is 1. The van der Waals surface area contributed by atoms with Crippen LogP contribution in [0.15, 0.2) is 77.4 Å². The number of imidazole rings is 1. The number of carbonyl (C=O) groups is 2. The van der Waals surface area contributed by atoms with Gasteiger partial charge >= 0.3 is 11.9 Å². The second-order valence-corrected chi connectivity index (χ2v) is 7.74. The van der Waals surface area contributed by atoms with Crippen LogP contribution in [0.2, 0.25) is 0 Å². The molecule has 0 spiro atoms. The fourth-order valence-corrected chi connectivity index (χ4v) is 3.51. The van der Waals surface area contributed by atoms with Gasteiger partial charge in [-0.05, 0) is 71.4 Å². The van der Waals surface area contributed by atoms with Crippen molar-refractivity contribution in [1.29, 1.82) is 0 Å². The number of ether oxygens (including phenoxy) is 2. The highest BCUT2D eigenvalue weighted by molar-refractivity contribution is 9.10. The predicted octanol–water partition coefficient (Wildman–Crippen LogP) is 4.96. The molecule has 162 valence electrons. The standard InChI is InChI=1S/C24H20BrN3O4/c1-2-31-21(29)14-26-23-22(27-20-13-10-18(25)15-28(20)23)16-8-11-19(12-9-16)32-24(30)17-6-4-3-5-7-17/h3-13,15,26H,2,14H2,1H3. The predicted molar refractivity (Wildman–Crippen MR) is 125 cm³/mol. The van der Waals surface area contributed by atoms with E-state index in [2.05, 4.69) is 21.2 Å². The number of hydrogen-bond acceptors (Lipinski definition) is 6. The van der Waals surface area contributed by atoms with Crippen molar-refractivity contribution < 1.29 is 19.1 Å². The molecular weight excluding hydrogens is 474 g/mol. The van der Waals surface area contributed by atoms with Crippen LogP contribution in [0.1, 0.15) is 17.3 Å². The number of nitrogens with zero attached hydrogens (tertiary/aromatic N) is 2. The van der Waals surface area contributed by atoms with Gasteiger partial charge in [0.25, 0.3) is 0 Å². The number of carbonyl (C=O) groups excluding carboxylic acids is 2. The van der Waals surface area contributed by atoms with E-state index in [1.165, 1.54) is 0 Å². The first-order chi connectivity index (χ1) is 15.5. The maximum Gasteiger partial charge on any atom is 0.343 e. The van der Waals surface area contributed by atoms with E-state index in [0.29, 0.717) is 35.1 Å². The topological polar surface area (TPSA) is 81.9 Å². The normalized spacial score (nSPS) is 10.7. The van der Waals surface area contributed by atoms with Crippen LogP contribution in [0.4, 0.5) is 5.82 Å². The largest absolute Gasteiger partial charge is 0.465 e. The number of rotatable bonds is 7. The highest BCUT2D eigenvalue weighted by Crippen LogP contribution is 2.31. The molecule has 4 aromatic rings. The smallest absolute Gasteiger partial charge is 0.343 e. The van der Waals surface area contributed by atoms with Gasteiger partial charge in [-0.25, -0.2) is 9.78 Å². The van der Waals surface area contributed by atoms with Crippen molar-refractivity contribution >= 4 is 39.3 Å². The Morgan fingerprint density at radius 1 is 1.03 bits per heavy atom. The van der Waals surface area contributed by atoms with Crippen molar-refractivity contribution in [3.63, 3.8) is 0 Å². The molecule has 0 radical (unpaired) electrons. The first-order valence-electron chi connectivity index (χ1n) is 10.00. The summed E-state index contributed by atoms with van der Waals surface area (Å²) in [4.78, 5) is 28.9. The van der Waals surface area contributed by atoms with E-state index in [9.17, 15) is 9.59 Å². The van der Waals surface area contributed by atoms with Crippen LogP contribution < -0.4 is 10.1 Å². The van der Waals surface area contributed by atoms with E-state index in [1.54, 1.807) is 43.3 Å². The summed E-state index contributed by atoms with van der Waals surface area (Å²) in [6.07, 6.45) is 1.87. The molecule has 0 atom stereocenters. The Morgan fingerprint density at radius 2 is 1.78 bits per heavy atom. The van der Waals surface area contributed by atoms with Crippen LogP contribution in [-0.4, -0.2) is 34.5 Å². The third-order valence-electron chi connectivity index (χ3n) is 4.64. The number of fused-ring (bicyclic) bond motifs is 1. The fourth-order valence-electron chi connectivity index (χ4n) is 3.18. The molecule has 0 bridgehead atoms. The molecule has 0 unspecified atom stereocenters. The number of halogens is 1. The highest BCUT2D eigenvalue weighted by atomic mass is 79.9. The minimum absolute atomic E-state index is 0.00786. The summed E-state index contributed by atoms with van der Waals surface area (Å²) in [5, 5.41) is 3.13. The number of benzene rings is 2. The van der Waals surface area contributed by atoms with Gasteiger partial charge in [0.05, 0.1) is 12.2 Å². The number of aromatic nitrogens is 2. The number of anilines is 1. The maximum atomic E-state index is 12.3. The van der Waals surface area contributed by atoms with Crippen molar-refractivity contribution in [3.8, 4) is 17.0 Å². The minimum atomic E-state index is -0.423. The van der Waals surface area contributed by atoms with Crippen LogP contribution in [0.5, 0.6) is 5.75 Å². The number of pyridine rings is 1. The molecule has 2 aromatic heterocycles. The second-order valence-electron chi connectivity index (χ2n) is 6.82. The van der Waals surface area contributed by atoms with Gasteiger partial charge in [0.15, 0.2) is 0 Å². The lowest BCUT2D eigenvalue weighted by Gasteiger charge is -2.09. The fraction of sp³-hybridized carbons (Fsp3) is 0.125. The molecule has 0 aliphatic rings. The van der Waals surface area contributed by atoms with E-state index in [4.69, 9.17) is 14.5 Å².